The largest absolute Gasteiger partial charge is 0.361 e. The fraction of sp³-hybridized carbons (Fsp3) is 0.846. The predicted octanol–water partition coefficient (Wildman–Crippen LogP) is 0.297. The molecule has 10 heteroatoms. The van der Waals surface area contributed by atoms with E-state index in [1.165, 1.54) is 4.31 Å². The summed E-state index contributed by atoms with van der Waals surface area (Å²) < 4.78 is 25.2. The average molecular weight is 383 g/mol. The van der Waals surface area contributed by atoms with Gasteiger partial charge in [-0.25, -0.2) is 12.7 Å². The second kappa shape index (κ2) is 10.3. The molecule has 134 valence electrons. The van der Waals surface area contributed by atoms with Crippen LogP contribution in [0.3, 0.4) is 0 Å². The zero-order chi connectivity index (χ0) is 17.3. The maximum absolute atomic E-state index is 12.2. The summed E-state index contributed by atoms with van der Waals surface area (Å²) in [7, 11) is -3.24. The van der Waals surface area contributed by atoms with Crippen LogP contribution in [0, 0.1) is 5.92 Å². The molecular weight excluding hydrogens is 356 g/mol. The van der Waals surface area contributed by atoms with Crippen molar-refractivity contribution in [1.82, 2.24) is 20.5 Å². The number of rotatable bonds is 7. The molecule has 0 unspecified atom stereocenters. The van der Waals surface area contributed by atoms with Crippen molar-refractivity contribution in [1.29, 1.82) is 0 Å². The Morgan fingerprint density at radius 2 is 2.13 bits per heavy atom. The third kappa shape index (κ3) is 7.23. The van der Waals surface area contributed by atoms with E-state index in [1.54, 1.807) is 18.7 Å². The molecule has 0 aromatic rings. The van der Waals surface area contributed by atoms with E-state index >= 15 is 0 Å². The molecule has 1 aliphatic rings. The van der Waals surface area contributed by atoms with Crippen molar-refractivity contribution in [2.75, 3.05) is 37.4 Å². The molecule has 1 aliphatic heterocycles. The summed E-state index contributed by atoms with van der Waals surface area (Å²) in [6, 6.07) is 0. The normalized spacial score (nSPS) is 19.1. The van der Waals surface area contributed by atoms with Crippen molar-refractivity contribution in [2.24, 2.45) is 5.92 Å². The summed E-state index contributed by atoms with van der Waals surface area (Å²) in [5.74, 6) is 0.529. The number of hydrazine groups is 1. The van der Waals surface area contributed by atoms with Gasteiger partial charge >= 0.3 is 0 Å². The summed E-state index contributed by atoms with van der Waals surface area (Å²) in [5, 5.41) is 3.37. The van der Waals surface area contributed by atoms with Crippen LogP contribution >= 0.6 is 24.0 Å². The monoisotopic (exact) mass is 382 g/mol. The van der Waals surface area contributed by atoms with Gasteiger partial charge < -0.3 is 5.32 Å². The van der Waals surface area contributed by atoms with Crippen LogP contribution in [0.15, 0.2) is 0 Å². The number of sulfonamides is 1. The molecular formula is C13H26N4O3S3. The highest BCUT2D eigenvalue weighted by Gasteiger charge is 2.31. The summed E-state index contributed by atoms with van der Waals surface area (Å²) in [6.07, 6.45) is 4.40. The number of thioether (sulfide) groups is 1. The number of amides is 1. The number of thiocarbonyl (C=S) groups is 1. The molecule has 0 aliphatic carbocycles. The summed E-state index contributed by atoms with van der Waals surface area (Å²) in [4.78, 5) is 12.2. The minimum absolute atomic E-state index is 0.0592. The van der Waals surface area contributed by atoms with Gasteiger partial charge in [0, 0.05) is 19.6 Å². The molecule has 0 aromatic heterocycles. The van der Waals surface area contributed by atoms with E-state index in [2.05, 4.69) is 16.2 Å². The molecule has 7 nitrogen and oxygen atoms in total. The molecule has 1 saturated heterocycles. The van der Waals surface area contributed by atoms with Gasteiger partial charge in [-0.3, -0.25) is 15.6 Å². The summed E-state index contributed by atoms with van der Waals surface area (Å²) in [5.41, 5.74) is 5.23. The van der Waals surface area contributed by atoms with E-state index in [0.29, 0.717) is 24.5 Å². The number of piperidine rings is 1. The van der Waals surface area contributed by atoms with Crippen molar-refractivity contribution < 1.29 is 13.2 Å². The van der Waals surface area contributed by atoms with Gasteiger partial charge in [-0.15, -0.1) is 0 Å². The number of nitrogens with one attached hydrogen (secondary N) is 3. The second-order valence-electron chi connectivity index (χ2n) is 5.31. The smallest absolute Gasteiger partial charge is 0.242 e. The number of hydrogen-bond donors (Lipinski definition) is 3. The molecule has 1 rings (SSSR count). The minimum Gasteiger partial charge on any atom is -0.361 e. The van der Waals surface area contributed by atoms with Crippen LogP contribution in [0.2, 0.25) is 0 Å². The third-order valence-electron chi connectivity index (χ3n) is 3.62. The van der Waals surface area contributed by atoms with E-state index < -0.39 is 10.0 Å². The number of carbonyl (C=O) groups excluding carboxylic acids is 1. The molecule has 0 saturated carbocycles. The summed E-state index contributed by atoms with van der Waals surface area (Å²) >= 11 is 6.84. The Balaban J connectivity index is 2.35. The maximum atomic E-state index is 12.2. The lowest BCUT2D eigenvalue weighted by atomic mass is 9.99. The number of nitrogens with zero attached hydrogens (tertiary/aromatic N) is 1. The highest BCUT2D eigenvalue weighted by Crippen LogP contribution is 2.19. The van der Waals surface area contributed by atoms with E-state index in [0.717, 1.165) is 18.7 Å². The highest BCUT2D eigenvalue weighted by molar-refractivity contribution is 7.98. The lowest BCUT2D eigenvalue weighted by Gasteiger charge is -2.30. The molecule has 0 radical (unpaired) electrons. The first-order valence-electron chi connectivity index (χ1n) is 7.71. The Morgan fingerprint density at radius 1 is 1.39 bits per heavy atom. The lowest BCUT2D eigenvalue weighted by Crippen LogP contribution is -2.52. The quantitative estimate of drug-likeness (QED) is 0.331. The summed E-state index contributed by atoms with van der Waals surface area (Å²) in [6.45, 7) is 3.08. The van der Waals surface area contributed by atoms with Gasteiger partial charge in [0.05, 0.1) is 11.7 Å². The standard InChI is InChI=1S/C13H26N4O3S3/c1-3-23(19,20)17-8-4-6-11(10-17)12(18)15-16-13(21)14-7-5-9-22-2/h11H,3-10H2,1-2H3,(H,15,18)(H2,14,16,21)/t11-/m1/s1. The van der Waals surface area contributed by atoms with E-state index in [4.69, 9.17) is 12.2 Å². The van der Waals surface area contributed by atoms with Crippen LogP contribution in [0.4, 0.5) is 0 Å². The first kappa shape index (κ1) is 20.5. The zero-order valence-electron chi connectivity index (χ0n) is 13.6. The lowest BCUT2D eigenvalue weighted by molar-refractivity contribution is -0.126. The van der Waals surface area contributed by atoms with Crippen LogP contribution in [-0.4, -0.2) is 61.1 Å². The average Bonchev–Trinajstić information content (AvgIpc) is 2.56. The van der Waals surface area contributed by atoms with E-state index in [1.807, 2.05) is 6.26 Å². The molecule has 1 amide bonds. The molecule has 1 heterocycles. The SMILES string of the molecule is CCS(=O)(=O)N1CCC[C@@H](C(=O)NNC(=S)NCCCSC)C1. The molecule has 1 atom stereocenters. The van der Waals surface area contributed by atoms with Crippen LogP contribution in [0.1, 0.15) is 26.2 Å². The van der Waals surface area contributed by atoms with Gasteiger partial charge in [0.25, 0.3) is 0 Å². The maximum Gasteiger partial charge on any atom is 0.242 e. The molecule has 23 heavy (non-hydrogen) atoms. The fourth-order valence-corrected chi connectivity index (χ4v) is 4.04. The Morgan fingerprint density at radius 3 is 2.78 bits per heavy atom. The minimum atomic E-state index is -3.24. The van der Waals surface area contributed by atoms with Gasteiger partial charge in [0.1, 0.15) is 0 Å². The Labute approximate surface area is 148 Å². The number of carbonyl (C=O) groups is 1. The third-order valence-corrected chi connectivity index (χ3v) is 6.41. The molecule has 0 spiro atoms. The topological polar surface area (TPSA) is 90.5 Å². The Hall–Kier alpha value is -0.580. The van der Waals surface area contributed by atoms with Crippen LogP contribution in [0.25, 0.3) is 0 Å². The van der Waals surface area contributed by atoms with Crippen LogP contribution in [-0.2, 0) is 14.8 Å². The van der Waals surface area contributed by atoms with Gasteiger partial charge in [-0.1, -0.05) is 0 Å². The van der Waals surface area contributed by atoms with Crippen LogP contribution in [0.5, 0.6) is 0 Å². The second-order valence-corrected chi connectivity index (χ2v) is 8.97. The molecule has 1 fully saturated rings. The van der Waals surface area contributed by atoms with Crippen LogP contribution < -0.4 is 16.2 Å². The Bertz CT molecular complexity index is 499. The van der Waals surface area contributed by atoms with Gasteiger partial charge in [-0.2, -0.15) is 11.8 Å². The van der Waals surface area contributed by atoms with Gasteiger partial charge in [-0.05, 0) is 50.4 Å². The first-order chi connectivity index (χ1) is 10.9. The molecule has 0 bridgehead atoms. The fourth-order valence-electron chi connectivity index (χ4n) is 2.27. The van der Waals surface area contributed by atoms with Crippen molar-refractivity contribution in [3.8, 4) is 0 Å². The number of hydrogen-bond acceptors (Lipinski definition) is 5. The molecule has 0 aromatic carbocycles. The Kier molecular flexibility index (Phi) is 9.18. The van der Waals surface area contributed by atoms with Gasteiger partial charge in [0.2, 0.25) is 15.9 Å². The molecule has 3 N–H and O–H groups in total. The van der Waals surface area contributed by atoms with E-state index in [9.17, 15) is 13.2 Å². The van der Waals surface area contributed by atoms with Crippen molar-refractivity contribution >= 4 is 45.0 Å². The van der Waals surface area contributed by atoms with Crippen molar-refractivity contribution in [3.05, 3.63) is 0 Å². The van der Waals surface area contributed by atoms with Crippen molar-refractivity contribution in [2.45, 2.75) is 26.2 Å². The highest BCUT2D eigenvalue weighted by atomic mass is 32.2. The first-order valence-corrected chi connectivity index (χ1v) is 11.1. The van der Waals surface area contributed by atoms with E-state index in [-0.39, 0.29) is 24.1 Å². The predicted molar refractivity (Wildman–Crippen MR) is 98.6 cm³/mol. The van der Waals surface area contributed by atoms with Gasteiger partial charge in [0.15, 0.2) is 5.11 Å². The van der Waals surface area contributed by atoms with Crippen molar-refractivity contribution in [3.63, 3.8) is 0 Å². The zero-order valence-corrected chi connectivity index (χ0v) is 16.1.